The minimum absolute atomic E-state index is 0. The van der Waals surface area contributed by atoms with E-state index in [4.69, 9.17) is 9.40 Å². The van der Waals surface area contributed by atoms with E-state index in [-0.39, 0.29) is 25.5 Å². The Hall–Kier alpha value is -5.91. The zero-order chi connectivity index (χ0) is 40.0. The summed E-state index contributed by atoms with van der Waals surface area (Å²) >= 11 is 0. The van der Waals surface area contributed by atoms with Crippen LogP contribution < -0.4 is 5.19 Å². The number of benzene rings is 7. The first-order chi connectivity index (χ1) is 28.0. The number of hydrogen-bond acceptors (Lipinski definition) is 3. The molecule has 59 heavy (non-hydrogen) atoms. The molecule has 0 saturated carbocycles. The molecule has 7 aromatic carbocycles. The first-order valence-electron chi connectivity index (χ1n) is 19.9. The van der Waals surface area contributed by atoms with Crippen LogP contribution in [0.2, 0.25) is 19.6 Å². The van der Waals surface area contributed by atoms with Gasteiger partial charge < -0.3 is 14.0 Å². The molecule has 10 aromatic rings. The summed E-state index contributed by atoms with van der Waals surface area (Å²) in [7, 11) is -1.23. The molecule has 4 nitrogen and oxygen atoms in total. The molecule has 10 rings (SSSR count). The van der Waals surface area contributed by atoms with Gasteiger partial charge in [0.05, 0.1) is 30.5 Å². The number of nitrogens with zero attached hydrogens (tertiary/aromatic N) is 3. The molecule has 0 fully saturated rings. The van der Waals surface area contributed by atoms with Crippen molar-refractivity contribution in [3.05, 3.63) is 182 Å². The molecular weight excluding hydrogens is 915 g/mol. The van der Waals surface area contributed by atoms with Crippen LogP contribution in [0.3, 0.4) is 0 Å². The molecule has 0 atom stereocenters. The number of para-hydroxylation sites is 1. The Morgan fingerprint density at radius 1 is 0.661 bits per heavy atom. The molecule has 3 aromatic heterocycles. The maximum Gasteiger partial charge on any atom is 0.120 e. The molecule has 0 bridgehead atoms. The van der Waals surface area contributed by atoms with E-state index in [1.54, 1.807) is 0 Å². The van der Waals surface area contributed by atoms with E-state index in [0.29, 0.717) is 0 Å². The maximum atomic E-state index is 6.51. The maximum absolute atomic E-state index is 6.51. The fraction of sp³-hybridized carbons (Fsp3) is 0.132. The van der Waals surface area contributed by atoms with Gasteiger partial charge in [0.15, 0.2) is 0 Å². The number of imidazole rings is 1. The topological polar surface area (TPSA) is 43.9 Å². The quantitative estimate of drug-likeness (QED) is 0.128. The number of furan rings is 1. The standard InChI is InChI=1S/C39H29N2O.C14H16NSi.Ir/c1-39(2,3)27-21-23-33(32(24-27)25-12-5-4-6-13-25)41-34-22-20-26-14-7-8-15-28(26)36(34)40-38(41)31-18-11-17-30-29-16-9-10-19-35(29)42-37(30)31;1-16(2,3)13-9-10-14(15-11-13)12-7-5-4-6-8-12;/h4-17,19-24H,1-3H3;4-7,9-11H,1-3H3;/q2*-1;. The first-order valence-corrected chi connectivity index (χ1v) is 23.4. The van der Waals surface area contributed by atoms with Crippen LogP contribution in [-0.2, 0) is 25.5 Å². The molecule has 0 amide bonds. The van der Waals surface area contributed by atoms with E-state index in [2.05, 4.69) is 177 Å². The van der Waals surface area contributed by atoms with Crippen molar-refractivity contribution in [2.24, 2.45) is 0 Å². The Morgan fingerprint density at radius 3 is 2.14 bits per heavy atom. The van der Waals surface area contributed by atoms with Crippen LogP contribution in [0.4, 0.5) is 0 Å². The first kappa shape index (κ1) is 39.9. The average molecular weight is 960 g/mol. The van der Waals surface area contributed by atoms with E-state index < -0.39 is 8.07 Å². The van der Waals surface area contributed by atoms with Gasteiger partial charge in [-0.1, -0.05) is 148 Å². The third kappa shape index (κ3) is 7.72. The van der Waals surface area contributed by atoms with Gasteiger partial charge in [0.25, 0.3) is 0 Å². The summed E-state index contributed by atoms with van der Waals surface area (Å²) in [5.41, 5.74) is 11.3. The van der Waals surface area contributed by atoms with Crippen LogP contribution >= 0.6 is 0 Å². The molecule has 293 valence electrons. The van der Waals surface area contributed by atoms with Crippen LogP contribution in [-0.4, -0.2) is 22.6 Å². The van der Waals surface area contributed by atoms with E-state index in [1.807, 2.05) is 48.7 Å². The van der Waals surface area contributed by atoms with Crippen molar-refractivity contribution in [1.82, 2.24) is 14.5 Å². The van der Waals surface area contributed by atoms with Crippen LogP contribution in [0, 0.1) is 12.1 Å². The second-order valence-corrected chi connectivity index (χ2v) is 22.0. The summed E-state index contributed by atoms with van der Waals surface area (Å²) in [4.78, 5) is 9.90. The monoisotopic (exact) mass is 960 g/mol. The van der Waals surface area contributed by atoms with Crippen molar-refractivity contribution in [2.75, 3.05) is 0 Å². The SMILES string of the molecule is CC(C)(C)c1ccc(-n2c(-c3[c-]ccc4c3oc3ccccc34)nc3c4ccccc4ccc32)c(-c2ccccc2)c1.C[Si](C)(C)c1ccc(-c2[c-]cccc2)nc1.[Ir]. The molecule has 0 aliphatic carbocycles. The molecule has 6 heteroatoms. The van der Waals surface area contributed by atoms with Crippen LogP contribution in [0.25, 0.3) is 83.2 Å². The fourth-order valence-electron chi connectivity index (χ4n) is 7.68. The average Bonchev–Trinajstić information content (AvgIpc) is 3.83. The predicted molar refractivity (Wildman–Crippen MR) is 246 cm³/mol. The molecule has 3 heterocycles. The molecule has 1 radical (unpaired) electrons. The zero-order valence-electron chi connectivity index (χ0n) is 34.2. The Morgan fingerprint density at radius 2 is 1.41 bits per heavy atom. The number of hydrogen-bond donors (Lipinski definition) is 0. The Labute approximate surface area is 361 Å². The van der Waals surface area contributed by atoms with Crippen LogP contribution in [0.15, 0.2) is 168 Å². The number of pyridine rings is 1. The Bertz CT molecular complexity index is 3070. The van der Waals surface area contributed by atoms with E-state index in [0.717, 1.165) is 77.8 Å². The summed E-state index contributed by atoms with van der Waals surface area (Å²) in [6.45, 7) is 13.8. The van der Waals surface area contributed by atoms with Gasteiger partial charge in [0.1, 0.15) is 5.58 Å². The second-order valence-electron chi connectivity index (χ2n) is 16.9. The number of fused-ring (bicyclic) bond motifs is 6. The third-order valence-corrected chi connectivity index (χ3v) is 12.9. The van der Waals surface area contributed by atoms with Crippen molar-refractivity contribution >= 4 is 57.0 Å². The van der Waals surface area contributed by atoms with Gasteiger partial charge in [-0.15, -0.1) is 54.1 Å². The van der Waals surface area contributed by atoms with Gasteiger partial charge >= 0.3 is 0 Å². The largest absolute Gasteiger partial charge is 0.501 e. The predicted octanol–water partition coefficient (Wildman–Crippen LogP) is 13.6. The van der Waals surface area contributed by atoms with Gasteiger partial charge in [-0.3, -0.25) is 4.98 Å². The molecule has 0 spiro atoms. The molecular formula is C53H45IrN3OSi-2. The minimum atomic E-state index is -1.23. The van der Waals surface area contributed by atoms with Crippen molar-refractivity contribution in [2.45, 2.75) is 45.8 Å². The number of aromatic nitrogens is 3. The smallest absolute Gasteiger partial charge is 0.120 e. The van der Waals surface area contributed by atoms with Gasteiger partial charge in [-0.05, 0) is 57.1 Å². The third-order valence-electron chi connectivity index (χ3n) is 10.9. The summed E-state index contributed by atoms with van der Waals surface area (Å²) < 4.78 is 8.81. The normalized spacial score (nSPS) is 11.8. The summed E-state index contributed by atoms with van der Waals surface area (Å²) in [6, 6.07) is 61.6. The van der Waals surface area contributed by atoms with Crippen molar-refractivity contribution in [3.63, 3.8) is 0 Å². The zero-order valence-corrected chi connectivity index (χ0v) is 37.6. The van der Waals surface area contributed by atoms with Gasteiger partial charge in [0, 0.05) is 48.3 Å². The van der Waals surface area contributed by atoms with Gasteiger partial charge in [-0.2, -0.15) is 0 Å². The van der Waals surface area contributed by atoms with Crippen molar-refractivity contribution < 1.29 is 24.5 Å². The molecule has 0 N–H and O–H groups in total. The van der Waals surface area contributed by atoms with Crippen molar-refractivity contribution in [3.8, 4) is 39.5 Å². The molecule has 0 aliphatic heterocycles. The summed E-state index contributed by atoms with van der Waals surface area (Å²) in [6.07, 6.45) is 2.02. The van der Waals surface area contributed by atoms with E-state index in [1.165, 1.54) is 16.1 Å². The van der Waals surface area contributed by atoms with Crippen LogP contribution in [0.5, 0.6) is 0 Å². The second kappa shape index (κ2) is 16.0. The van der Waals surface area contributed by atoms with Gasteiger partial charge in [-0.25, -0.2) is 0 Å². The molecule has 0 saturated heterocycles. The van der Waals surface area contributed by atoms with E-state index in [9.17, 15) is 0 Å². The fourth-order valence-corrected chi connectivity index (χ4v) is 8.71. The Balaban J connectivity index is 0.000000240. The summed E-state index contributed by atoms with van der Waals surface area (Å²) in [5.74, 6) is 0.812. The summed E-state index contributed by atoms with van der Waals surface area (Å²) in [5, 5.41) is 5.84. The molecule has 0 unspecified atom stereocenters. The van der Waals surface area contributed by atoms with E-state index >= 15 is 0 Å². The van der Waals surface area contributed by atoms with Crippen molar-refractivity contribution in [1.29, 1.82) is 0 Å². The Kier molecular flexibility index (Phi) is 10.8. The minimum Gasteiger partial charge on any atom is -0.501 e. The van der Waals surface area contributed by atoms with Gasteiger partial charge in [0.2, 0.25) is 0 Å². The molecule has 0 aliphatic rings. The van der Waals surface area contributed by atoms with Crippen LogP contribution in [0.1, 0.15) is 26.3 Å². The number of rotatable bonds is 5.